The highest BCUT2D eigenvalue weighted by Gasteiger charge is 2.27. The van der Waals surface area contributed by atoms with Crippen molar-refractivity contribution in [3.63, 3.8) is 0 Å². The zero-order valence-electron chi connectivity index (χ0n) is 8.89. The van der Waals surface area contributed by atoms with Gasteiger partial charge in [0.25, 0.3) is 0 Å². The normalized spacial score (nSPS) is 20.2. The Labute approximate surface area is 98.4 Å². The highest BCUT2D eigenvalue weighted by Crippen LogP contribution is 2.17. The molecule has 1 atom stereocenters. The largest absolute Gasteiger partial charge is 0.481 e. The summed E-state index contributed by atoms with van der Waals surface area (Å²) in [6, 6.07) is 1.95. The van der Waals surface area contributed by atoms with Gasteiger partial charge in [-0.2, -0.15) is 5.26 Å². The molecule has 0 radical (unpaired) electrons. The number of nitrogens with zero attached hydrogens (tertiary/aromatic N) is 2. The highest BCUT2D eigenvalue weighted by atomic mass is 32.2. The number of thioether (sulfide) groups is 1. The van der Waals surface area contributed by atoms with E-state index in [0.29, 0.717) is 25.3 Å². The van der Waals surface area contributed by atoms with E-state index in [0.717, 1.165) is 6.42 Å². The number of carbonyl (C=O) groups excluding carboxylic acids is 1. The Hall–Kier alpha value is -1.22. The third kappa shape index (κ3) is 3.74. The lowest BCUT2D eigenvalue weighted by molar-refractivity contribution is -0.145. The summed E-state index contributed by atoms with van der Waals surface area (Å²) in [5.41, 5.74) is 0. The lowest BCUT2D eigenvalue weighted by atomic mass is 9.98. The van der Waals surface area contributed by atoms with Gasteiger partial charge in [-0.3, -0.25) is 9.59 Å². The van der Waals surface area contributed by atoms with Gasteiger partial charge >= 0.3 is 5.97 Å². The predicted molar refractivity (Wildman–Crippen MR) is 59.9 cm³/mol. The van der Waals surface area contributed by atoms with E-state index in [-0.39, 0.29) is 11.7 Å². The summed E-state index contributed by atoms with van der Waals surface area (Å²) in [4.78, 5) is 24.0. The molecule has 0 aromatic rings. The first-order valence-corrected chi connectivity index (χ1v) is 6.26. The average molecular weight is 242 g/mol. The highest BCUT2D eigenvalue weighted by molar-refractivity contribution is 8.00. The number of carboxylic acid groups (broad SMARTS) is 1. The molecule has 1 aliphatic heterocycles. The second-order valence-corrected chi connectivity index (χ2v) is 4.65. The molecule has 0 aliphatic carbocycles. The van der Waals surface area contributed by atoms with E-state index in [9.17, 15) is 9.59 Å². The van der Waals surface area contributed by atoms with Gasteiger partial charge in [-0.25, -0.2) is 0 Å². The summed E-state index contributed by atoms with van der Waals surface area (Å²) in [5.74, 6) is -0.769. The van der Waals surface area contributed by atoms with Crippen LogP contribution in [0.5, 0.6) is 0 Å². The van der Waals surface area contributed by atoms with Crippen LogP contribution in [-0.2, 0) is 9.59 Å². The number of nitriles is 1. The maximum absolute atomic E-state index is 11.6. The second-order valence-electron chi connectivity index (χ2n) is 3.67. The summed E-state index contributed by atoms with van der Waals surface area (Å²) in [7, 11) is 0. The quantitative estimate of drug-likeness (QED) is 0.729. The molecule has 16 heavy (non-hydrogen) atoms. The maximum Gasteiger partial charge on any atom is 0.308 e. The Morgan fingerprint density at radius 1 is 1.56 bits per heavy atom. The van der Waals surface area contributed by atoms with Crippen molar-refractivity contribution in [1.29, 1.82) is 5.26 Å². The van der Waals surface area contributed by atoms with Crippen molar-refractivity contribution in [2.45, 2.75) is 12.8 Å². The second kappa shape index (κ2) is 6.38. The van der Waals surface area contributed by atoms with Crippen molar-refractivity contribution in [3.8, 4) is 6.07 Å². The van der Waals surface area contributed by atoms with E-state index < -0.39 is 11.9 Å². The smallest absolute Gasteiger partial charge is 0.308 e. The van der Waals surface area contributed by atoms with Gasteiger partial charge in [0.15, 0.2) is 0 Å². The molecule has 0 aromatic heterocycles. The molecule has 0 bridgehead atoms. The van der Waals surface area contributed by atoms with Crippen molar-refractivity contribution in [3.05, 3.63) is 0 Å². The Morgan fingerprint density at radius 2 is 2.31 bits per heavy atom. The molecular weight excluding hydrogens is 228 g/mol. The first kappa shape index (κ1) is 12.8. The van der Waals surface area contributed by atoms with Gasteiger partial charge < -0.3 is 10.0 Å². The van der Waals surface area contributed by atoms with Crippen LogP contribution in [0.2, 0.25) is 0 Å². The van der Waals surface area contributed by atoms with Crippen LogP contribution in [0.1, 0.15) is 12.8 Å². The predicted octanol–water partition coefficient (Wildman–Crippen LogP) is 0.566. The number of carbonyl (C=O) groups is 2. The van der Waals surface area contributed by atoms with E-state index >= 15 is 0 Å². The van der Waals surface area contributed by atoms with E-state index in [1.54, 1.807) is 4.90 Å². The third-order valence-corrected chi connectivity index (χ3v) is 3.30. The van der Waals surface area contributed by atoms with E-state index in [2.05, 4.69) is 0 Å². The Bertz CT molecular complexity index is 314. The lowest BCUT2D eigenvalue weighted by Gasteiger charge is -2.30. The summed E-state index contributed by atoms with van der Waals surface area (Å²) in [6.07, 6.45) is 1.38. The van der Waals surface area contributed by atoms with Crippen LogP contribution < -0.4 is 0 Å². The van der Waals surface area contributed by atoms with Crippen molar-refractivity contribution < 1.29 is 14.7 Å². The average Bonchev–Trinajstić information content (AvgIpc) is 2.29. The zero-order chi connectivity index (χ0) is 12.0. The van der Waals surface area contributed by atoms with Crippen LogP contribution in [-0.4, -0.2) is 46.5 Å². The van der Waals surface area contributed by atoms with Crippen LogP contribution >= 0.6 is 11.8 Å². The van der Waals surface area contributed by atoms with Gasteiger partial charge in [0.2, 0.25) is 5.91 Å². The minimum Gasteiger partial charge on any atom is -0.481 e. The molecule has 1 saturated heterocycles. The minimum atomic E-state index is -0.831. The molecule has 0 saturated carbocycles. The molecule has 6 heteroatoms. The fraction of sp³-hybridized carbons (Fsp3) is 0.700. The first-order chi connectivity index (χ1) is 7.65. The van der Waals surface area contributed by atoms with Crippen molar-refractivity contribution in [1.82, 2.24) is 4.90 Å². The van der Waals surface area contributed by atoms with Gasteiger partial charge in [0, 0.05) is 13.1 Å². The third-order valence-electron chi connectivity index (χ3n) is 2.52. The van der Waals surface area contributed by atoms with Gasteiger partial charge in [-0.15, -0.1) is 11.8 Å². The Kier molecular flexibility index (Phi) is 5.12. The molecule has 5 nitrogen and oxygen atoms in total. The van der Waals surface area contributed by atoms with Crippen LogP contribution in [0.3, 0.4) is 0 Å². The van der Waals surface area contributed by atoms with Gasteiger partial charge in [-0.1, -0.05) is 0 Å². The fourth-order valence-electron chi connectivity index (χ4n) is 1.68. The molecule has 88 valence electrons. The fourth-order valence-corrected chi connectivity index (χ4v) is 2.23. The number of hydrogen-bond donors (Lipinski definition) is 1. The van der Waals surface area contributed by atoms with Crippen LogP contribution in [0, 0.1) is 17.2 Å². The van der Waals surface area contributed by atoms with E-state index in [1.807, 2.05) is 6.07 Å². The standard InChI is InChI=1S/C10H14N2O3S/c11-3-5-16-7-9(13)12-4-1-2-8(6-12)10(14)15/h8H,1-2,4-7H2,(H,14,15)/t8-/m0/s1. The molecular formula is C10H14N2O3S. The number of carboxylic acids is 1. The molecule has 1 rings (SSSR count). The molecule has 0 aromatic carbocycles. The van der Waals surface area contributed by atoms with E-state index in [4.69, 9.17) is 10.4 Å². The van der Waals surface area contributed by atoms with Crippen molar-refractivity contribution in [2.75, 3.05) is 24.6 Å². The lowest BCUT2D eigenvalue weighted by Crippen LogP contribution is -2.43. The van der Waals surface area contributed by atoms with Gasteiger partial charge in [0.05, 0.1) is 23.5 Å². The Balaban J connectivity index is 2.38. The van der Waals surface area contributed by atoms with Crippen LogP contribution in [0.4, 0.5) is 0 Å². The molecule has 0 unspecified atom stereocenters. The summed E-state index contributed by atoms with van der Waals surface area (Å²) in [6.45, 7) is 0.941. The number of hydrogen-bond acceptors (Lipinski definition) is 4. The number of piperidine rings is 1. The van der Waals surface area contributed by atoms with Gasteiger partial charge in [0.1, 0.15) is 0 Å². The molecule has 0 spiro atoms. The number of aliphatic carboxylic acids is 1. The molecule has 1 heterocycles. The zero-order valence-corrected chi connectivity index (χ0v) is 9.70. The number of likely N-dealkylation sites (tertiary alicyclic amines) is 1. The minimum absolute atomic E-state index is 0.0637. The first-order valence-electron chi connectivity index (χ1n) is 5.10. The van der Waals surface area contributed by atoms with Crippen LogP contribution in [0.15, 0.2) is 0 Å². The van der Waals surface area contributed by atoms with Crippen molar-refractivity contribution >= 4 is 23.6 Å². The monoisotopic (exact) mass is 242 g/mol. The SMILES string of the molecule is N#CCSCC(=O)N1CCC[C@H](C(=O)O)C1. The summed E-state index contributed by atoms with van der Waals surface area (Å²) in [5, 5.41) is 17.2. The number of amides is 1. The van der Waals surface area contributed by atoms with Gasteiger partial charge in [-0.05, 0) is 12.8 Å². The van der Waals surface area contributed by atoms with E-state index in [1.165, 1.54) is 11.8 Å². The molecule has 1 N–H and O–H groups in total. The maximum atomic E-state index is 11.6. The molecule has 1 fully saturated rings. The summed E-state index contributed by atoms with van der Waals surface area (Å²) < 4.78 is 0. The molecule has 1 amide bonds. The topological polar surface area (TPSA) is 81.4 Å². The van der Waals surface area contributed by atoms with Crippen molar-refractivity contribution in [2.24, 2.45) is 5.92 Å². The Morgan fingerprint density at radius 3 is 2.94 bits per heavy atom. The summed E-state index contributed by atoms with van der Waals surface area (Å²) >= 11 is 1.26. The van der Waals surface area contributed by atoms with Crippen LogP contribution in [0.25, 0.3) is 0 Å². The number of rotatable bonds is 4. The molecule has 1 aliphatic rings.